The predicted molar refractivity (Wildman–Crippen MR) is 88.3 cm³/mol. The number of H-pyrrole nitrogens is 1. The van der Waals surface area contributed by atoms with Crippen molar-refractivity contribution >= 4 is 11.6 Å². The molecule has 0 spiro atoms. The molecule has 110 valence electrons. The molecule has 0 radical (unpaired) electrons. The maximum Gasteiger partial charge on any atom is 0.266 e. The van der Waals surface area contributed by atoms with Gasteiger partial charge in [-0.1, -0.05) is 54.1 Å². The van der Waals surface area contributed by atoms with Gasteiger partial charge in [-0.15, -0.1) is 0 Å². The average Bonchev–Trinajstić information content (AvgIpc) is 2.57. The zero-order valence-corrected chi connectivity index (χ0v) is 12.5. The summed E-state index contributed by atoms with van der Waals surface area (Å²) in [5, 5.41) is 0.182. The van der Waals surface area contributed by atoms with E-state index in [2.05, 4.69) is 4.98 Å². The van der Waals surface area contributed by atoms with E-state index in [9.17, 15) is 4.79 Å². The zero-order valence-electron chi connectivity index (χ0n) is 11.8. The first kappa shape index (κ1) is 14.4. The number of ether oxygens (including phenoxy) is 1. The van der Waals surface area contributed by atoms with Crippen LogP contribution in [0.5, 0.6) is 5.75 Å². The van der Waals surface area contributed by atoms with Crippen molar-refractivity contribution in [1.82, 2.24) is 4.98 Å². The van der Waals surface area contributed by atoms with Gasteiger partial charge in [-0.25, -0.2) is 0 Å². The third-order valence-electron chi connectivity index (χ3n) is 3.29. The Morgan fingerprint density at radius 3 is 2.36 bits per heavy atom. The highest BCUT2D eigenvalue weighted by atomic mass is 35.5. The second-order valence-electron chi connectivity index (χ2n) is 4.86. The smallest absolute Gasteiger partial charge is 0.266 e. The van der Waals surface area contributed by atoms with Crippen molar-refractivity contribution in [1.29, 1.82) is 0 Å². The van der Waals surface area contributed by atoms with Gasteiger partial charge in [0.15, 0.2) is 0 Å². The number of pyridine rings is 1. The summed E-state index contributed by atoms with van der Waals surface area (Å²) in [4.78, 5) is 13.9. The Morgan fingerprint density at radius 1 is 0.955 bits per heavy atom. The molecule has 1 N–H and O–H groups in total. The Labute approximate surface area is 133 Å². The number of halogens is 1. The molecule has 0 bridgehead atoms. The number of nitrogens with one attached hydrogen (secondary N) is 1. The molecule has 0 saturated carbocycles. The lowest BCUT2D eigenvalue weighted by Crippen LogP contribution is -2.04. The fraction of sp³-hybridized carbons (Fsp3) is 0.0556. The Balaban J connectivity index is 1.72. The SMILES string of the molecule is O=c1[nH]cc(-c2ccc(OCc3ccccc3)cc2)cc1Cl. The van der Waals surface area contributed by atoms with Crippen LogP contribution in [-0.2, 0) is 6.61 Å². The summed E-state index contributed by atoms with van der Waals surface area (Å²) in [6.07, 6.45) is 1.65. The minimum absolute atomic E-state index is 0.182. The van der Waals surface area contributed by atoms with Gasteiger partial charge in [0.2, 0.25) is 0 Å². The second-order valence-corrected chi connectivity index (χ2v) is 5.27. The monoisotopic (exact) mass is 311 g/mol. The molecule has 3 nitrogen and oxygen atoms in total. The second kappa shape index (κ2) is 6.50. The van der Waals surface area contributed by atoms with Crippen LogP contribution in [0.4, 0.5) is 0 Å². The van der Waals surface area contributed by atoms with E-state index in [0.717, 1.165) is 22.4 Å². The molecular weight excluding hydrogens is 298 g/mol. The third-order valence-corrected chi connectivity index (χ3v) is 3.57. The van der Waals surface area contributed by atoms with E-state index in [4.69, 9.17) is 16.3 Å². The van der Waals surface area contributed by atoms with Crippen LogP contribution in [0.15, 0.2) is 71.7 Å². The summed E-state index contributed by atoms with van der Waals surface area (Å²) >= 11 is 5.84. The Kier molecular flexibility index (Phi) is 4.26. The van der Waals surface area contributed by atoms with Gasteiger partial charge in [0, 0.05) is 6.20 Å². The lowest BCUT2D eigenvalue weighted by Gasteiger charge is -2.07. The van der Waals surface area contributed by atoms with E-state index < -0.39 is 0 Å². The molecular formula is C18H14ClNO2. The maximum atomic E-state index is 11.3. The molecule has 0 fully saturated rings. The van der Waals surface area contributed by atoms with Crippen LogP contribution < -0.4 is 10.3 Å². The summed E-state index contributed by atoms with van der Waals surface area (Å²) in [6.45, 7) is 0.532. The minimum Gasteiger partial charge on any atom is -0.489 e. The number of rotatable bonds is 4. The first-order valence-electron chi connectivity index (χ1n) is 6.88. The van der Waals surface area contributed by atoms with Gasteiger partial charge in [0.1, 0.15) is 17.4 Å². The molecule has 0 saturated heterocycles. The number of hydrogen-bond donors (Lipinski definition) is 1. The van der Waals surface area contributed by atoms with Gasteiger partial charge in [-0.05, 0) is 34.9 Å². The van der Waals surface area contributed by atoms with Crippen LogP contribution >= 0.6 is 11.6 Å². The quantitative estimate of drug-likeness (QED) is 0.781. The molecule has 0 atom stereocenters. The van der Waals surface area contributed by atoms with Gasteiger partial charge >= 0.3 is 0 Å². The number of hydrogen-bond acceptors (Lipinski definition) is 2. The van der Waals surface area contributed by atoms with Gasteiger partial charge in [-0.3, -0.25) is 4.79 Å². The van der Waals surface area contributed by atoms with Crippen molar-refractivity contribution in [3.63, 3.8) is 0 Å². The predicted octanol–water partition coefficient (Wildman–Crippen LogP) is 4.27. The molecule has 3 aromatic rings. The van der Waals surface area contributed by atoms with Crippen molar-refractivity contribution in [3.05, 3.63) is 87.8 Å². The fourth-order valence-corrected chi connectivity index (χ4v) is 2.28. The average molecular weight is 312 g/mol. The first-order valence-corrected chi connectivity index (χ1v) is 7.25. The largest absolute Gasteiger partial charge is 0.489 e. The molecule has 0 aliphatic heterocycles. The standard InChI is InChI=1S/C18H14ClNO2/c19-17-10-15(11-20-18(17)21)14-6-8-16(9-7-14)22-12-13-4-2-1-3-5-13/h1-11H,12H2,(H,20,21). The third kappa shape index (κ3) is 3.38. The van der Waals surface area contributed by atoms with E-state index in [1.807, 2.05) is 54.6 Å². The van der Waals surface area contributed by atoms with Crippen LogP contribution in [0.2, 0.25) is 5.02 Å². The molecule has 1 heterocycles. The highest BCUT2D eigenvalue weighted by Crippen LogP contribution is 2.23. The molecule has 22 heavy (non-hydrogen) atoms. The van der Waals surface area contributed by atoms with Crippen molar-refractivity contribution in [2.24, 2.45) is 0 Å². The van der Waals surface area contributed by atoms with Gasteiger partial charge < -0.3 is 9.72 Å². The van der Waals surface area contributed by atoms with E-state index in [1.54, 1.807) is 12.3 Å². The molecule has 0 unspecified atom stereocenters. The first-order chi connectivity index (χ1) is 10.7. The van der Waals surface area contributed by atoms with Crippen molar-refractivity contribution < 1.29 is 4.74 Å². The lowest BCUT2D eigenvalue weighted by molar-refractivity contribution is 0.306. The molecule has 4 heteroatoms. The lowest BCUT2D eigenvalue weighted by atomic mass is 10.1. The van der Waals surface area contributed by atoms with Crippen molar-refractivity contribution in [3.8, 4) is 16.9 Å². The van der Waals surface area contributed by atoms with Gasteiger partial charge in [0.05, 0.1) is 0 Å². The summed E-state index contributed by atoms with van der Waals surface area (Å²) in [5.74, 6) is 0.795. The maximum absolute atomic E-state index is 11.3. The van der Waals surface area contributed by atoms with Crippen LogP contribution in [0.25, 0.3) is 11.1 Å². The normalized spacial score (nSPS) is 10.4. The molecule has 3 rings (SSSR count). The molecule has 1 aromatic heterocycles. The zero-order chi connectivity index (χ0) is 15.4. The number of aromatic nitrogens is 1. The fourth-order valence-electron chi connectivity index (χ4n) is 2.11. The Morgan fingerprint density at radius 2 is 1.68 bits per heavy atom. The van der Waals surface area contributed by atoms with Crippen molar-refractivity contribution in [2.45, 2.75) is 6.61 Å². The highest BCUT2D eigenvalue weighted by molar-refractivity contribution is 6.30. The Bertz CT molecular complexity index is 810. The number of aromatic amines is 1. The van der Waals surface area contributed by atoms with Crippen molar-refractivity contribution in [2.75, 3.05) is 0 Å². The van der Waals surface area contributed by atoms with Crippen LogP contribution in [0.3, 0.4) is 0 Å². The summed E-state index contributed by atoms with van der Waals surface area (Å²) < 4.78 is 5.74. The molecule has 0 aliphatic carbocycles. The van der Waals surface area contributed by atoms with Crippen LogP contribution in [0, 0.1) is 0 Å². The van der Waals surface area contributed by atoms with Crippen LogP contribution in [0.1, 0.15) is 5.56 Å². The highest BCUT2D eigenvalue weighted by Gasteiger charge is 2.02. The summed E-state index contributed by atoms with van der Waals surface area (Å²) in [6, 6.07) is 19.3. The molecule has 2 aromatic carbocycles. The van der Waals surface area contributed by atoms with E-state index in [1.165, 1.54) is 0 Å². The van der Waals surface area contributed by atoms with Gasteiger partial charge in [0.25, 0.3) is 5.56 Å². The molecule has 0 amide bonds. The minimum atomic E-state index is -0.284. The Hall–Kier alpha value is -2.52. The van der Waals surface area contributed by atoms with Gasteiger partial charge in [-0.2, -0.15) is 0 Å². The number of benzene rings is 2. The van der Waals surface area contributed by atoms with E-state index >= 15 is 0 Å². The topological polar surface area (TPSA) is 42.1 Å². The summed E-state index contributed by atoms with van der Waals surface area (Å²) in [7, 11) is 0. The summed E-state index contributed by atoms with van der Waals surface area (Å²) in [5.41, 5.74) is 2.66. The van der Waals surface area contributed by atoms with E-state index in [-0.39, 0.29) is 10.6 Å². The van der Waals surface area contributed by atoms with Crippen LogP contribution in [-0.4, -0.2) is 4.98 Å². The molecule has 0 aliphatic rings. The van der Waals surface area contributed by atoms with E-state index in [0.29, 0.717) is 6.61 Å².